The van der Waals surface area contributed by atoms with Gasteiger partial charge in [0.25, 0.3) is 0 Å². The van der Waals surface area contributed by atoms with Gasteiger partial charge in [-0.25, -0.2) is 4.98 Å². The standard InChI is InChI=1S/C13H17ClN2O3/c14-9-7-10(11(15)16-8-9)12(17)1-3-13(4-2-12)18-5-6-19-13/h7-8,17H,1-6H2,(H2,15,16). The van der Waals surface area contributed by atoms with E-state index in [2.05, 4.69) is 4.98 Å². The monoisotopic (exact) mass is 284 g/mol. The lowest BCUT2D eigenvalue weighted by Crippen LogP contribution is -2.42. The Morgan fingerprint density at radius 3 is 2.47 bits per heavy atom. The van der Waals surface area contributed by atoms with Gasteiger partial charge >= 0.3 is 0 Å². The van der Waals surface area contributed by atoms with E-state index in [1.54, 1.807) is 6.07 Å². The van der Waals surface area contributed by atoms with Crippen LogP contribution in [-0.4, -0.2) is 29.1 Å². The second kappa shape index (κ2) is 4.59. The molecule has 104 valence electrons. The topological polar surface area (TPSA) is 77.6 Å². The number of halogens is 1. The zero-order valence-corrected chi connectivity index (χ0v) is 11.3. The highest BCUT2D eigenvalue weighted by molar-refractivity contribution is 6.30. The molecule has 0 unspecified atom stereocenters. The van der Waals surface area contributed by atoms with Gasteiger partial charge < -0.3 is 20.3 Å². The molecule has 2 heterocycles. The van der Waals surface area contributed by atoms with Gasteiger partial charge in [0.1, 0.15) is 5.82 Å². The lowest BCUT2D eigenvalue weighted by atomic mass is 9.77. The van der Waals surface area contributed by atoms with E-state index >= 15 is 0 Å². The Labute approximate surface area is 116 Å². The van der Waals surface area contributed by atoms with Crippen LogP contribution in [-0.2, 0) is 15.1 Å². The third-order valence-corrected chi connectivity index (χ3v) is 4.25. The molecule has 0 bridgehead atoms. The van der Waals surface area contributed by atoms with E-state index in [0.29, 0.717) is 55.3 Å². The van der Waals surface area contributed by atoms with Crippen molar-refractivity contribution in [3.05, 3.63) is 22.8 Å². The van der Waals surface area contributed by atoms with Crippen LogP contribution in [0.15, 0.2) is 12.3 Å². The average molecular weight is 285 g/mol. The Hall–Kier alpha value is -0.880. The molecule has 0 aromatic carbocycles. The Morgan fingerprint density at radius 2 is 1.84 bits per heavy atom. The van der Waals surface area contributed by atoms with E-state index < -0.39 is 11.4 Å². The van der Waals surface area contributed by atoms with Gasteiger partial charge in [0, 0.05) is 24.6 Å². The van der Waals surface area contributed by atoms with Gasteiger partial charge in [-0.3, -0.25) is 0 Å². The van der Waals surface area contributed by atoms with Gasteiger partial charge in [0.15, 0.2) is 5.79 Å². The average Bonchev–Trinajstić information content (AvgIpc) is 2.85. The molecule has 1 aromatic rings. The number of rotatable bonds is 1. The normalized spacial score (nSPS) is 24.7. The molecule has 5 nitrogen and oxygen atoms in total. The molecule has 0 atom stereocenters. The highest BCUT2D eigenvalue weighted by Gasteiger charge is 2.47. The molecule has 1 aliphatic carbocycles. The van der Waals surface area contributed by atoms with Crippen molar-refractivity contribution < 1.29 is 14.6 Å². The van der Waals surface area contributed by atoms with Crippen LogP contribution >= 0.6 is 11.6 Å². The first-order valence-electron chi connectivity index (χ1n) is 6.45. The van der Waals surface area contributed by atoms with Crippen molar-refractivity contribution in [2.75, 3.05) is 18.9 Å². The smallest absolute Gasteiger partial charge is 0.168 e. The lowest BCUT2D eigenvalue weighted by Gasteiger charge is -2.41. The minimum atomic E-state index is -0.997. The summed E-state index contributed by atoms with van der Waals surface area (Å²) in [5, 5.41) is 11.3. The largest absolute Gasteiger partial charge is 0.385 e. The minimum absolute atomic E-state index is 0.330. The first kappa shape index (κ1) is 13.1. The summed E-state index contributed by atoms with van der Waals surface area (Å²) in [6, 6.07) is 1.69. The Kier molecular flexibility index (Phi) is 3.17. The predicted molar refractivity (Wildman–Crippen MR) is 70.7 cm³/mol. The van der Waals surface area contributed by atoms with Gasteiger partial charge in [-0.05, 0) is 18.9 Å². The van der Waals surface area contributed by atoms with E-state index in [4.69, 9.17) is 26.8 Å². The third kappa shape index (κ3) is 2.31. The Balaban J connectivity index is 1.83. The van der Waals surface area contributed by atoms with Crippen LogP contribution in [0, 0.1) is 0 Å². The molecule has 2 fully saturated rings. The predicted octanol–water partition coefficient (Wildman–Crippen LogP) is 1.82. The lowest BCUT2D eigenvalue weighted by molar-refractivity contribution is -0.204. The number of aromatic nitrogens is 1. The number of hydrogen-bond donors (Lipinski definition) is 2. The molecule has 0 amide bonds. The number of hydrogen-bond acceptors (Lipinski definition) is 5. The van der Waals surface area contributed by atoms with Gasteiger partial charge in [-0.1, -0.05) is 11.6 Å². The second-order valence-corrected chi connectivity index (χ2v) is 5.66. The maximum Gasteiger partial charge on any atom is 0.168 e. The number of nitrogens with zero attached hydrogens (tertiary/aromatic N) is 1. The van der Waals surface area contributed by atoms with Crippen LogP contribution in [0.4, 0.5) is 5.82 Å². The van der Waals surface area contributed by atoms with Crippen LogP contribution in [0.2, 0.25) is 5.02 Å². The molecule has 1 saturated carbocycles. The molecule has 3 rings (SSSR count). The van der Waals surface area contributed by atoms with Crippen molar-refractivity contribution in [1.82, 2.24) is 4.98 Å². The van der Waals surface area contributed by atoms with Crippen molar-refractivity contribution >= 4 is 17.4 Å². The third-order valence-electron chi connectivity index (χ3n) is 4.04. The summed E-state index contributed by atoms with van der Waals surface area (Å²) in [5.41, 5.74) is 5.47. The van der Waals surface area contributed by atoms with Crippen molar-refractivity contribution in [2.24, 2.45) is 0 Å². The van der Waals surface area contributed by atoms with Gasteiger partial charge in [0.2, 0.25) is 0 Å². The molecule has 19 heavy (non-hydrogen) atoms. The number of aliphatic hydroxyl groups is 1. The van der Waals surface area contributed by atoms with Crippen LogP contribution < -0.4 is 5.73 Å². The summed E-state index contributed by atoms with van der Waals surface area (Å²) in [6.45, 7) is 1.25. The summed E-state index contributed by atoms with van der Waals surface area (Å²) < 4.78 is 11.3. The summed E-state index contributed by atoms with van der Waals surface area (Å²) in [5.74, 6) is -0.177. The molecule has 1 aliphatic heterocycles. The van der Waals surface area contributed by atoms with Crippen molar-refractivity contribution in [2.45, 2.75) is 37.1 Å². The first-order chi connectivity index (χ1) is 9.03. The van der Waals surface area contributed by atoms with Gasteiger partial charge in [-0.15, -0.1) is 0 Å². The fourth-order valence-corrected chi connectivity index (χ4v) is 3.08. The molecule has 1 aromatic heterocycles. The fraction of sp³-hybridized carbons (Fsp3) is 0.615. The summed E-state index contributed by atoms with van der Waals surface area (Å²) >= 11 is 5.94. The van der Waals surface area contributed by atoms with Crippen molar-refractivity contribution in [1.29, 1.82) is 0 Å². The molecule has 2 aliphatic rings. The number of nitrogens with two attached hydrogens (primary N) is 1. The maximum atomic E-state index is 10.8. The van der Waals surface area contributed by atoms with Crippen LogP contribution in [0.25, 0.3) is 0 Å². The first-order valence-corrected chi connectivity index (χ1v) is 6.83. The van der Waals surface area contributed by atoms with Crippen LogP contribution in [0.5, 0.6) is 0 Å². The summed E-state index contributed by atoms with van der Waals surface area (Å²) in [7, 11) is 0. The fourth-order valence-electron chi connectivity index (χ4n) is 2.92. The van der Waals surface area contributed by atoms with E-state index in [9.17, 15) is 5.11 Å². The number of ether oxygens (including phenoxy) is 2. The highest BCUT2D eigenvalue weighted by Crippen LogP contribution is 2.46. The number of anilines is 1. The minimum Gasteiger partial charge on any atom is -0.385 e. The van der Waals surface area contributed by atoms with Crippen LogP contribution in [0.3, 0.4) is 0 Å². The van der Waals surface area contributed by atoms with Gasteiger partial charge in [0.05, 0.1) is 23.8 Å². The zero-order chi connectivity index (χ0) is 13.5. The zero-order valence-electron chi connectivity index (χ0n) is 10.6. The van der Waals surface area contributed by atoms with E-state index in [1.807, 2.05) is 0 Å². The Morgan fingerprint density at radius 1 is 1.21 bits per heavy atom. The number of pyridine rings is 1. The van der Waals surface area contributed by atoms with Gasteiger partial charge in [-0.2, -0.15) is 0 Å². The molecule has 3 N–H and O–H groups in total. The molecular formula is C13H17ClN2O3. The molecule has 1 saturated heterocycles. The molecule has 0 radical (unpaired) electrons. The van der Waals surface area contributed by atoms with E-state index in [1.165, 1.54) is 6.20 Å². The van der Waals surface area contributed by atoms with Crippen molar-refractivity contribution in [3.63, 3.8) is 0 Å². The summed E-state index contributed by atoms with van der Waals surface area (Å²) in [4.78, 5) is 4.01. The molecule has 1 spiro atoms. The Bertz CT molecular complexity index is 479. The SMILES string of the molecule is Nc1ncc(Cl)cc1C1(O)CCC2(CC1)OCCO2. The highest BCUT2D eigenvalue weighted by atomic mass is 35.5. The van der Waals surface area contributed by atoms with Crippen molar-refractivity contribution in [3.8, 4) is 0 Å². The number of nitrogen functional groups attached to an aromatic ring is 1. The van der Waals surface area contributed by atoms with E-state index in [-0.39, 0.29) is 0 Å². The second-order valence-electron chi connectivity index (χ2n) is 5.23. The summed E-state index contributed by atoms with van der Waals surface area (Å²) in [6.07, 6.45) is 3.83. The quantitative estimate of drug-likeness (QED) is 0.822. The molecule has 6 heteroatoms. The van der Waals surface area contributed by atoms with Crippen LogP contribution in [0.1, 0.15) is 31.2 Å². The molecular weight excluding hydrogens is 268 g/mol. The maximum absolute atomic E-state index is 10.8. The van der Waals surface area contributed by atoms with E-state index in [0.717, 1.165) is 0 Å².